The van der Waals surface area contributed by atoms with Gasteiger partial charge in [-0.1, -0.05) is 0 Å². The van der Waals surface area contributed by atoms with E-state index in [4.69, 9.17) is 4.74 Å². The molecular formula is C16H17FN4O3S. The minimum atomic E-state index is -0.646. The first kappa shape index (κ1) is 17.2. The highest BCUT2D eigenvalue weighted by atomic mass is 32.1. The van der Waals surface area contributed by atoms with Crippen LogP contribution in [0.3, 0.4) is 0 Å². The van der Waals surface area contributed by atoms with Crippen LogP contribution in [0.25, 0.3) is 0 Å². The topological polar surface area (TPSA) is 92.4 Å². The lowest BCUT2D eigenvalue weighted by Gasteiger charge is -2.19. The second-order valence-electron chi connectivity index (χ2n) is 5.54. The highest BCUT2D eigenvalue weighted by molar-refractivity contribution is 7.09. The SMILES string of the molecule is Cc1csc(CCCNC(=O)Nc2cc(F)c3c(c2)NC(=O)CO3)n1. The lowest BCUT2D eigenvalue weighted by molar-refractivity contribution is -0.118. The van der Waals surface area contributed by atoms with Crippen LogP contribution in [0.1, 0.15) is 17.1 Å². The number of carbonyl (C=O) groups excluding carboxylic acids is 2. The summed E-state index contributed by atoms with van der Waals surface area (Å²) in [5.74, 6) is -1.04. The number of anilines is 2. The van der Waals surface area contributed by atoms with Gasteiger partial charge in [0.15, 0.2) is 18.2 Å². The van der Waals surface area contributed by atoms with E-state index in [0.29, 0.717) is 6.54 Å². The summed E-state index contributed by atoms with van der Waals surface area (Å²) in [5, 5.41) is 10.8. The molecule has 0 radical (unpaired) electrons. The van der Waals surface area contributed by atoms with Crippen LogP contribution in [-0.4, -0.2) is 30.1 Å². The Morgan fingerprint density at radius 2 is 2.32 bits per heavy atom. The molecule has 7 nitrogen and oxygen atoms in total. The molecule has 3 N–H and O–H groups in total. The van der Waals surface area contributed by atoms with Gasteiger partial charge in [0.1, 0.15) is 0 Å². The Morgan fingerprint density at radius 3 is 3.08 bits per heavy atom. The fourth-order valence-corrected chi connectivity index (χ4v) is 3.18. The van der Waals surface area contributed by atoms with E-state index in [9.17, 15) is 14.0 Å². The van der Waals surface area contributed by atoms with Crippen LogP contribution in [0.4, 0.5) is 20.6 Å². The number of aromatic nitrogens is 1. The van der Waals surface area contributed by atoms with Crippen LogP contribution in [-0.2, 0) is 11.2 Å². The summed E-state index contributed by atoms with van der Waals surface area (Å²) in [6.45, 7) is 2.18. The van der Waals surface area contributed by atoms with E-state index in [1.807, 2.05) is 12.3 Å². The molecule has 1 aromatic heterocycles. The summed E-state index contributed by atoms with van der Waals surface area (Å²) >= 11 is 1.60. The Bertz CT molecular complexity index is 809. The van der Waals surface area contributed by atoms with Gasteiger partial charge in [-0.15, -0.1) is 11.3 Å². The van der Waals surface area contributed by atoms with Gasteiger partial charge in [0, 0.05) is 35.8 Å². The van der Waals surface area contributed by atoms with Gasteiger partial charge < -0.3 is 20.7 Å². The van der Waals surface area contributed by atoms with Crippen molar-refractivity contribution < 1.29 is 18.7 Å². The number of nitrogens with one attached hydrogen (secondary N) is 3. The van der Waals surface area contributed by atoms with E-state index >= 15 is 0 Å². The Kier molecular flexibility index (Phi) is 5.13. The lowest BCUT2D eigenvalue weighted by Crippen LogP contribution is -2.30. The number of hydrogen-bond donors (Lipinski definition) is 3. The zero-order chi connectivity index (χ0) is 17.8. The molecule has 0 spiro atoms. The fraction of sp³-hybridized carbons (Fsp3) is 0.312. The summed E-state index contributed by atoms with van der Waals surface area (Å²) in [4.78, 5) is 27.6. The monoisotopic (exact) mass is 364 g/mol. The molecule has 3 amide bonds. The number of halogens is 1. The van der Waals surface area contributed by atoms with Gasteiger partial charge in [0.25, 0.3) is 5.91 Å². The van der Waals surface area contributed by atoms with E-state index in [2.05, 4.69) is 20.9 Å². The van der Waals surface area contributed by atoms with E-state index in [1.54, 1.807) is 11.3 Å². The van der Waals surface area contributed by atoms with Crippen molar-refractivity contribution in [1.82, 2.24) is 10.3 Å². The van der Waals surface area contributed by atoms with Crippen LogP contribution < -0.4 is 20.7 Å². The molecule has 0 saturated carbocycles. The minimum absolute atomic E-state index is 0.0238. The van der Waals surface area contributed by atoms with Crippen molar-refractivity contribution in [2.75, 3.05) is 23.8 Å². The predicted octanol–water partition coefficient (Wildman–Crippen LogP) is 2.68. The number of fused-ring (bicyclic) bond motifs is 1. The van der Waals surface area contributed by atoms with Crippen LogP contribution in [0.15, 0.2) is 17.5 Å². The normalized spacial score (nSPS) is 12.8. The predicted molar refractivity (Wildman–Crippen MR) is 92.7 cm³/mol. The number of aryl methyl sites for hydroxylation is 2. The van der Waals surface area contributed by atoms with Crippen molar-refractivity contribution in [3.8, 4) is 5.75 Å². The first-order valence-corrected chi connectivity index (χ1v) is 8.61. The van der Waals surface area contributed by atoms with Gasteiger partial charge in [0.2, 0.25) is 0 Å². The molecule has 2 heterocycles. The standard InChI is InChI=1S/C16H17FN4O3S/c1-9-8-25-14(19-9)3-2-4-18-16(23)20-10-5-11(17)15-12(6-10)21-13(22)7-24-15/h5-6,8H,2-4,7H2,1H3,(H,21,22)(H2,18,20,23). The highest BCUT2D eigenvalue weighted by Crippen LogP contribution is 2.33. The lowest BCUT2D eigenvalue weighted by atomic mass is 10.2. The molecule has 0 bridgehead atoms. The number of nitrogens with zero attached hydrogens (tertiary/aromatic N) is 1. The maximum absolute atomic E-state index is 14.0. The smallest absolute Gasteiger partial charge is 0.319 e. The molecule has 2 aromatic rings. The van der Waals surface area contributed by atoms with Crippen LogP contribution in [0.5, 0.6) is 5.75 Å². The van der Waals surface area contributed by atoms with Crippen molar-refractivity contribution in [1.29, 1.82) is 0 Å². The molecule has 0 atom stereocenters. The molecule has 1 aromatic carbocycles. The summed E-state index contributed by atoms with van der Waals surface area (Å²) in [6, 6.07) is 2.15. The molecule has 0 unspecified atom stereocenters. The molecule has 3 rings (SSSR count). The molecule has 1 aliphatic heterocycles. The van der Waals surface area contributed by atoms with Crippen molar-refractivity contribution in [2.45, 2.75) is 19.8 Å². The van der Waals surface area contributed by atoms with Gasteiger partial charge >= 0.3 is 6.03 Å². The highest BCUT2D eigenvalue weighted by Gasteiger charge is 2.21. The number of benzene rings is 1. The third-order valence-electron chi connectivity index (χ3n) is 3.44. The van der Waals surface area contributed by atoms with Gasteiger partial charge in [-0.2, -0.15) is 0 Å². The molecule has 25 heavy (non-hydrogen) atoms. The zero-order valence-electron chi connectivity index (χ0n) is 13.5. The van der Waals surface area contributed by atoms with Crippen molar-refractivity contribution in [2.24, 2.45) is 0 Å². The fourth-order valence-electron chi connectivity index (χ4n) is 2.36. The number of urea groups is 1. The zero-order valence-corrected chi connectivity index (χ0v) is 14.3. The number of amides is 3. The number of rotatable bonds is 5. The van der Waals surface area contributed by atoms with E-state index < -0.39 is 11.8 Å². The second-order valence-corrected chi connectivity index (χ2v) is 6.48. The van der Waals surface area contributed by atoms with Gasteiger partial charge in [-0.25, -0.2) is 14.2 Å². The third-order valence-corrected chi connectivity index (χ3v) is 4.47. The minimum Gasteiger partial charge on any atom is -0.478 e. The van der Waals surface area contributed by atoms with Crippen molar-refractivity contribution >= 4 is 34.6 Å². The second kappa shape index (κ2) is 7.47. The molecule has 0 fully saturated rings. The first-order valence-electron chi connectivity index (χ1n) is 7.73. The Balaban J connectivity index is 1.50. The van der Waals surface area contributed by atoms with Gasteiger partial charge in [-0.05, 0) is 19.4 Å². The average molecular weight is 364 g/mol. The molecule has 1 aliphatic rings. The largest absolute Gasteiger partial charge is 0.478 e. The molecule has 9 heteroatoms. The number of hydrogen-bond acceptors (Lipinski definition) is 5. The number of thiazole rings is 1. The van der Waals surface area contributed by atoms with Crippen molar-refractivity contribution in [3.05, 3.63) is 34.0 Å². The molecule has 0 saturated heterocycles. The average Bonchev–Trinajstić information content (AvgIpc) is 2.96. The maximum atomic E-state index is 14.0. The van der Waals surface area contributed by atoms with Crippen LogP contribution in [0.2, 0.25) is 0 Å². The Morgan fingerprint density at radius 1 is 1.48 bits per heavy atom. The van der Waals surface area contributed by atoms with Crippen LogP contribution in [0, 0.1) is 12.7 Å². The third kappa shape index (κ3) is 4.44. The first-order chi connectivity index (χ1) is 12.0. The number of ether oxygens (including phenoxy) is 1. The maximum Gasteiger partial charge on any atom is 0.319 e. The summed E-state index contributed by atoms with van der Waals surface area (Å²) in [6.07, 6.45) is 1.54. The summed E-state index contributed by atoms with van der Waals surface area (Å²) in [7, 11) is 0. The Hall–Kier alpha value is -2.68. The summed E-state index contributed by atoms with van der Waals surface area (Å²) < 4.78 is 19.0. The molecule has 0 aliphatic carbocycles. The quantitative estimate of drug-likeness (QED) is 0.711. The van der Waals surface area contributed by atoms with E-state index in [0.717, 1.165) is 29.6 Å². The van der Waals surface area contributed by atoms with E-state index in [1.165, 1.54) is 6.07 Å². The van der Waals surface area contributed by atoms with E-state index in [-0.39, 0.29) is 29.6 Å². The van der Waals surface area contributed by atoms with Gasteiger partial charge in [0.05, 0.1) is 10.7 Å². The molecular weight excluding hydrogens is 347 g/mol. The van der Waals surface area contributed by atoms with Crippen molar-refractivity contribution in [3.63, 3.8) is 0 Å². The Labute approximate surface area is 147 Å². The summed E-state index contributed by atoms with van der Waals surface area (Å²) in [5.41, 5.74) is 1.43. The number of carbonyl (C=O) groups is 2. The van der Waals surface area contributed by atoms with Gasteiger partial charge in [-0.3, -0.25) is 4.79 Å². The van der Waals surface area contributed by atoms with Crippen LogP contribution >= 0.6 is 11.3 Å². The molecule has 132 valence electrons.